The fraction of sp³-hybridized carbons (Fsp3) is 0.714. The number of carbonyl (C=O) groups excluding carboxylic acids is 2. The third-order valence-corrected chi connectivity index (χ3v) is 3.27. The molecule has 0 aromatic heterocycles. The second kappa shape index (κ2) is 7.94. The van der Waals surface area contributed by atoms with E-state index in [-0.39, 0.29) is 17.7 Å². The van der Waals surface area contributed by atoms with Crippen LogP contribution in [0.25, 0.3) is 0 Å². The van der Waals surface area contributed by atoms with E-state index in [1.54, 1.807) is 11.9 Å². The van der Waals surface area contributed by atoms with Crippen molar-refractivity contribution in [3.63, 3.8) is 0 Å². The molecule has 0 spiro atoms. The van der Waals surface area contributed by atoms with Gasteiger partial charge in [-0.2, -0.15) is 0 Å². The maximum absolute atomic E-state index is 12.3. The third kappa shape index (κ3) is 5.03. The van der Waals surface area contributed by atoms with E-state index in [2.05, 4.69) is 17.2 Å². The van der Waals surface area contributed by atoms with Crippen molar-refractivity contribution in [1.82, 2.24) is 15.5 Å². The predicted octanol–water partition coefficient (Wildman–Crippen LogP) is 0.770. The Balaban J connectivity index is 4.98. The summed E-state index contributed by atoms with van der Waals surface area (Å²) < 4.78 is 0. The summed E-state index contributed by atoms with van der Waals surface area (Å²) in [5.41, 5.74) is 0.752. The van der Waals surface area contributed by atoms with Crippen LogP contribution in [-0.4, -0.2) is 49.9 Å². The lowest BCUT2D eigenvalue weighted by molar-refractivity contribution is -0.131. The van der Waals surface area contributed by atoms with Crippen LogP contribution < -0.4 is 10.6 Å². The molecule has 110 valence electrons. The summed E-state index contributed by atoms with van der Waals surface area (Å²) in [4.78, 5) is 25.9. The minimum absolute atomic E-state index is 0.0804. The van der Waals surface area contributed by atoms with Crippen molar-refractivity contribution < 1.29 is 9.59 Å². The van der Waals surface area contributed by atoms with Crippen molar-refractivity contribution in [2.45, 2.75) is 39.3 Å². The van der Waals surface area contributed by atoms with Crippen LogP contribution in [0.3, 0.4) is 0 Å². The molecule has 0 bridgehead atoms. The zero-order valence-corrected chi connectivity index (χ0v) is 12.9. The number of hydrogen-bond donors (Lipinski definition) is 2. The van der Waals surface area contributed by atoms with Gasteiger partial charge in [-0.15, -0.1) is 0 Å². The number of nitrogens with zero attached hydrogens (tertiary/aromatic N) is 1. The highest BCUT2D eigenvalue weighted by Crippen LogP contribution is 2.11. The van der Waals surface area contributed by atoms with Gasteiger partial charge in [0.1, 0.15) is 12.1 Å². The van der Waals surface area contributed by atoms with Crippen molar-refractivity contribution >= 4 is 11.8 Å². The van der Waals surface area contributed by atoms with Crippen LogP contribution >= 0.6 is 0 Å². The lowest BCUT2D eigenvalue weighted by atomic mass is 9.97. The molecule has 0 saturated heterocycles. The van der Waals surface area contributed by atoms with Gasteiger partial charge in [-0.3, -0.25) is 14.5 Å². The molecule has 19 heavy (non-hydrogen) atoms. The molecule has 2 N–H and O–H groups in total. The first-order valence-electron chi connectivity index (χ1n) is 6.60. The Kier molecular flexibility index (Phi) is 7.37. The first-order valence-corrected chi connectivity index (χ1v) is 6.60. The minimum Gasteiger partial charge on any atom is -0.357 e. The highest BCUT2D eigenvalue weighted by Gasteiger charge is 2.29. The SMILES string of the molecule is C=C(C)[C@@H](C(=O)N[C@H](C(=O)NC)[C@@H](C)CC)N(C)C. The normalized spacial score (nSPS) is 15.5. The number of amides is 2. The quantitative estimate of drug-likeness (QED) is 0.671. The zero-order valence-electron chi connectivity index (χ0n) is 12.9. The standard InChI is InChI=1S/C14H27N3O2/c1-8-10(4)11(13(18)15-5)16-14(19)12(9(2)3)17(6)7/h10-12H,2,8H2,1,3-7H3,(H,15,18)(H,16,19)/t10-,11-,12-/m0/s1. The molecule has 0 aromatic carbocycles. The third-order valence-electron chi connectivity index (χ3n) is 3.27. The summed E-state index contributed by atoms with van der Waals surface area (Å²) in [6.45, 7) is 9.58. The van der Waals surface area contributed by atoms with E-state index in [0.717, 1.165) is 12.0 Å². The summed E-state index contributed by atoms with van der Waals surface area (Å²) in [7, 11) is 5.21. The molecule has 0 rings (SSSR count). The molecule has 0 aliphatic carbocycles. The second-order valence-corrected chi connectivity index (χ2v) is 5.20. The molecule has 3 atom stereocenters. The topological polar surface area (TPSA) is 61.4 Å². The molecule has 0 fully saturated rings. The minimum atomic E-state index is -0.510. The molecule has 5 heteroatoms. The molecule has 0 saturated carbocycles. The maximum atomic E-state index is 12.3. The van der Waals surface area contributed by atoms with E-state index in [4.69, 9.17) is 0 Å². The van der Waals surface area contributed by atoms with Gasteiger partial charge in [0.25, 0.3) is 0 Å². The van der Waals surface area contributed by atoms with Crippen LogP contribution in [0, 0.1) is 5.92 Å². The molecule has 0 aromatic rings. The highest BCUT2D eigenvalue weighted by molar-refractivity contribution is 5.91. The van der Waals surface area contributed by atoms with Gasteiger partial charge in [0, 0.05) is 7.05 Å². The molecule has 0 aliphatic rings. The lowest BCUT2D eigenvalue weighted by Gasteiger charge is -2.28. The van der Waals surface area contributed by atoms with Crippen molar-refractivity contribution in [3.8, 4) is 0 Å². The molecule has 0 heterocycles. The molecular formula is C14H27N3O2. The Hall–Kier alpha value is -1.36. The van der Waals surface area contributed by atoms with Crippen LogP contribution in [0.4, 0.5) is 0 Å². The molecule has 0 radical (unpaired) electrons. The first-order chi connectivity index (χ1) is 8.76. The fourth-order valence-electron chi connectivity index (χ4n) is 1.99. The van der Waals surface area contributed by atoms with Crippen LogP contribution in [-0.2, 0) is 9.59 Å². The van der Waals surface area contributed by atoms with Gasteiger partial charge < -0.3 is 10.6 Å². The Morgan fingerprint density at radius 1 is 1.26 bits per heavy atom. The van der Waals surface area contributed by atoms with E-state index in [1.165, 1.54) is 0 Å². The molecule has 0 aliphatic heterocycles. The van der Waals surface area contributed by atoms with E-state index < -0.39 is 12.1 Å². The summed E-state index contributed by atoms with van der Waals surface area (Å²) in [6.07, 6.45) is 0.818. The van der Waals surface area contributed by atoms with Gasteiger partial charge in [-0.25, -0.2) is 0 Å². The van der Waals surface area contributed by atoms with E-state index in [9.17, 15) is 9.59 Å². The van der Waals surface area contributed by atoms with Gasteiger partial charge in [-0.1, -0.05) is 32.4 Å². The second-order valence-electron chi connectivity index (χ2n) is 5.20. The van der Waals surface area contributed by atoms with Gasteiger partial charge in [-0.05, 0) is 26.9 Å². The summed E-state index contributed by atoms with van der Waals surface area (Å²) in [5, 5.41) is 5.42. The highest BCUT2D eigenvalue weighted by atomic mass is 16.2. The maximum Gasteiger partial charge on any atom is 0.242 e. The molecule has 0 unspecified atom stereocenters. The number of hydrogen-bond acceptors (Lipinski definition) is 3. The smallest absolute Gasteiger partial charge is 0.242 e. The van der Waals surface area contributed by atoms with E-state index >= 15 is 0 Å². The Morgan fingerprint density at radius 2 is 1.79 bits per heavy atom. The van der Waals surface area contributed by atoms with Gasteiger partial charge in [0.05, 0.1) is 0 Å². The number of rotatable bonds is 7. The van der Waals surface area contributed by atoms with Crippen molar-refractivity contribution in [3.05, 3.63) is 12.2 Å². The Morgan fingerprint density at radius 3 is 2.11 bits per heavy atom. The average Bonchev–Trinajstić information content (AvgIpc) is 2.33. The number of nitrogens with one attached hydrogen (secondary N) is 2. The summed E-state index contributed by atoms with van der Waals surface area (Å²) in [6, 6.07) is -0.930. The Labute approximate surface area is 116 Å². The number of carbonyl (C=O) groups is 2. The predicted molar refractivity (Wildman–Crippen MR) is 77.7 cm³/mol. The average molecular weight is 269 g/mol. The fourth-order valence-corrected chi connectivity index (χ4v) is 1.99. The zero-order chi connectivity index (χ0) is 15.2. The van der Waals surface area contributed by atoms with Crippen LogP contribution in [0.15, 0.2) is 12.2 Å². The van der Waals surface area contributed by atoms with Crippen LogP contribution in [0.5, 0.6) is 0 Å². The van der Waals surface area contributed by atoms with E-state index in [0.29, 0.717) is 0 Å². The van der Waals surface area contributed by atoms with Crippen LogP contribution in [0.1, 0.15) is 27.2 Å². The largest absolute Gasteiger partial charge is 0.357 e. The van der Waals surface area contributed by atoms with E-state index in [1.807, 2.05) is 34.9 Å². The summed E-state index contributed by atoms with van der Waals surface area (Å²) >= 11 is 0. The van der Waals surface area contributed by atoms with Gasteiger partial charge in [0.2, 0.25) is 11.8 Å². The number of likely N-dealkylation sites (N-methyl/N-ethyl adjacent to an activating group) is 2. The Bertz CT molecular complexity index is 340. The van der Waals surface area contributed by atoms with Crippen molar-refractivity contribution in [2.75, 3.05) is 21.1 Å². The van der Waals surface area contributed by atoms with Gasteiger partial charge >= 0.3 is 0 Å². The molecule has 2 amide bonds. The first kappa shape index (κ1) is 17.6. The van der Waals surface area contributed by atoms with Crippen LogP contribution in [0.2, 0.25) is 0 Å². The monoisotopic (exact) mass is 269 g/mol. The van der Waals surface area contributed by atoms with Crippen molar-refractivity contribution in [2.24, 2.45) is 5.92 Å². The molecular weight excluding hydrogens is 242 g/mol. The van der Waals surface area contributed by atoms with Crippen molar-refractivity contribution in [1.29, 1.82) is 0 Å². The summed E-state index contributed by atoms with van der Waals surface area (Å²) in [5.74, 6) is -0.273. The van der Waals surface area contributed by atoms with Gasteiger partial charge in [0.15, 0.2) is 0 Å². The molecule has 5 nitrogen and oxygen atoms in total. The lowest BCUT2D eigenvalue weighted by Crippen LogP contribution is -2.54.